The first-order valence-corrected chi connectivity index (χ1v) is 8.55. The van der Waals surface area contributed by atoms with Gasteiger partial charge in [0.25, 0.3) is 11.8 Å². The van der Waals surface area contributed by atoms with E-state index in [1.807, 2.05) is 48.5 Å². The van der Waals surface area contributed by atoms with Crippen LogP contribution >= 0.6 is 0 Å². The second-order valence-corrected chi connectivity index (χ2v) is 6.43. The van der Waals surface area contributed by atoms with Crippen LogP contribution in [0.3, 0.4) is 0 Å². The molecule has 5 rings (SSSR count). The van der Waals surface area contributed by atoms with Gasteiger partial charge in [-0.3, -0.25) is 14.5 Å². The van der Waals surface area contributed by atoms with Crippen molar-refractivity contribution < 1.29 is 14.7 Å². The molecule has 0 unspecified atom stereocenters. The van der Waals surface area contributed by atoms with Crippen LogP contribution in [0.4, 0.5) is 0 Å². The molecular weight excluding hydrogens is 342 g/mol. The van der Waals surface area contributed by atoms with Gasteiger partial charge in [0.15, 0.2) is 0 Å². The summed E-state index contributed by atoms with van der Waals surface area (Å²) >= 11 is 0. The Hall–Kier alpha value is -3.64. The number of nitrogens with one attached hydrogen (secondary N) is 2. The fourth-order valence-electron chi connectivity index (χ4n) is 3.76. The summed E-state index contributed by atoms with van der Waals surface area (Å²) in [6.45, 7) is -0.657. The van der Waals surface area contributed by atoms with Gasteiger partial charge in [-0.1, -0.05) is 36.4 Å². The highest BCUT2D eigenvalue weighted by Gasteiger charge is 2.40. The summed E-state index contributed by atoms with van der Waals surface area (Å²) < 4.78 is 0. The van der Waals surface area contributed by atoms with Crippen LogP contribution < -0.4 is 0 Å². The molecule has 1 aliphatic heterocycles. The largest absolute Gasteiger partial charge is 0.376 e. The Kier molecular flexibility index (Phi) is 3.29. The Morgan fingerprint density at radius 1 is 0.741 bits per heavy atom. The van der Waals surface area contributed by atoms with Crippen molar-refractivity contribution in [3.05, 3.63) is 72.1 Å². The number of hydrogen-bond acceptors (Lipinski definition) is 3. The lowest BCUT2D eigenvalue weighted by Gasteiger charge is -2.10. The molecule has 2 amide bonds. The summed E-state index contributed by atoms with van der Waals surface area (Å²) in [5.74, 6) is -0.986. The van der Waals surface area contributed by atoms with Crippen LogP contribution in [-0.4, -0.2) is 38.5 Å². The zero-order valence-corrected chi connectivity index (χ0v) is 14.2. The fraction of sp³-hybridized carbons (Fsp3) is 0.0476. The minimum atomic E-state index is -0.657. The van der Waals surface area contributed by atoms with Crippen LogP contribution in [-0.2, 0) is 9.59 Å². The molecule has 6 nitrogen and oxygen atoms in total. The summed E-state index contributed by atoms with van der Waals surface area (Å²) in [5, 5.41) is 11.3. The molecule has 0 aliphatic carbocycles. The third-order valence-electron chi connectivity index (χ3n) is 5.03. The third kappa shape index (κ3) is 2.10. The standard InChI is InChI=1S/C21H15N3O3/c25-11-24-20(26)18(14-9-22-16-7-3-1-5-12(14)16)19(21(24)27)15-10-23-17-8-4-2-6-13(15)17/h1-10,22-23,25H,11H2. The number of hydrogen-bond donors (Lipinski definition) is 3. The van der Waals surface area contributed by atoms with Gasteiger partial charge in [-0.15, -0.1) is 0 Å². The lowest BCUT2D eigenvalue weighted by molar-refractivity contribution is -0.139. The zero-order valence-electron chi connectivity index (χ0n) is 14.2. The number of nitrogens with zero attached hydrogens (tertiary/aromatic N) is 1. The number of para-hydroxylation sites is 2. The maximum Gasteiger partial charge on any atom is 0.264 e. The second kappa shape index (κ2) is 5.69. The van der Waals surface area contributed by atoms with Gasteiger partial charge in [0, 0.05) is 45.3 Å². The van der Waals surface area contributed by atoms with Gasteiger partial charge < -0.3 is 15.1 Å². The van der Waals surface area contributed by atoms with E-state index < -0.39 is 18.5 Å². The smallest absolute Gasteiger partial charge is 0.264 e. The number of amides is 2. The van der Waals surface area contributed by atoms with E-state index in [2.05, 4.69) is 9.97 Å². The Morgan fingerprint density at radius 3 is 1.63 bits per heavy atom. The first-order chi connectivity index (χ1) is 13.2. The van der Waals surface area contributed by atoms with Gasteiger partial charge in [0.1, 0.15) is 6.73 Å². The number of aliphatic hydroxyl groups is 1. The molecule has 6 heteroatoms. The molecule has 0 saturated carbocycles. The molecule has 0 saturated heterocycles. The van der Waals surface area contributed by atoms with E-state index in [1.165, 1.54) is 0 Å². The molecule has 2 aromatic carbocycles. The highest BCUT2D eigenvalue weighted by atomic mass is 16.3. The molecule has 0 bridgehead atoms. The van der Waals surface area contributed by atoms with Crippen molar-refractivity contribution in [3.8, 4) is 0 Å². The average Bonchev–Trinajstić information content (AvgIpc) is 3.36. The summed E-state index contributed by atoms with van der Waals surface area (Å²) in [5.41, 5.74) is 3.66. The highest BCUT2D eigenvalue weighted by Crippen LogP contribution is 2.40. The van der Waals surface area contributed by atoms with Gasteiger partial charge in [-0.2, -0.15) is 0 Å². The van der Waals surface area contributed by atoms with E-state index in [0.717, 1.165) is 26.7 Å². The minimum absolute atomic E-state index is 0.302. The van der Waals surface area contributed by atoms with Crippen LogP contribution in [0.2, 0.25) is 0 Å². The number of benzene rings is 2. The second-order valence-electron chi connectivity index (χ2n) is 6.43. The fourth-order valence-corrected chi connectivity index (χ4v) is 3.76. The molecule has 2 aromatic heterocycles. The molecular formula is C21H15N3O3. The number of H-pyrrole nitrogens is 2. The minimum Gasteiger partial charge on any atom is -0.376 e. The summed E-state index contributed by atoms with van der Waals surface area (Å²) in [7, 11) is 0. The number of imide groups is 1. The SMILES string of the molecule is O=C1C(c2c[nH]c3ccccc23)=C(c2c[nH]c3ccccc23)C(=O)N1CO. The van der Waals surface area contributed by atoms with Crippen LogP contribution in [0, 0.1) is 0 Å². The molecule has 0 fully saturated rings. The van der Waals surface area contributed by atoms with Crippen molar-refractivity contribution in [1.82, 2.24) is 14.9 Å². The topological polar surface area (TPSA) is 89.2 Å². The Labute approximate surface area is 153 Å². The number of carbonyl (C=O) groups is 2. The number of aromatic nitrogens is 2. The molecule has 1 aliphatic rings. The number of rotatable bonds is 3. The van der Waals surface area contributed by atoms with Crippen LogP contribution in [0.25, 0.3) is 33.0 Å². The van der Waals surface area contributed by atoms with E-state index in [1.54, 1.807) is 12.4 Å². The quantitative estimate of drug-likeness (QED) is 0.493. The van der Waals surface area contributed by atoms with Crippen molar-refractivity contribution in [2.75, 3.05) is 6.73 Å². The predicted octanol–water partition coefficient (Wildman–Crippen LogP) is 2.88. The maximum atomic E-state index is 13.0. The van der Waals surface area contributed by atoms with Gasteiger partial charge >= 0.3 is 0 Å². The summed E-state index contributed by atoms with van der Waals surface area (Å²) in [4.78, 5) is 33.2. The lowest BCUT2D eigenvalue weighted by atomic mass is 9.95. The van der Waals surface area contributed by atoms with E-state index in [-0.39, 0.29) is 0 Å². The van der Waals surface area contributed by atoms with Crippen molar-refractivity contribution in [2.24, 2.45) is 0 Å². The maximum absolute atomic E-state index is 13.0. The van der Waals surface area contributed by atoms with E-state index in [4.69, 9.17) is 0 Å². The zero-order chi connectivity index (χ0) is 18.5. The predicted molar refractivity (Wildman–Crippen MR) is 102 cm³/mol. The van der Waals surface area contributed by atoms with Crippen molar-refractivity contribution >= 4 is 44.8 Å². The first-order valence-electron chi connectivity index (χ1n) is 8.55. The van der Waals surface area contributed by atoms with Gasteiger partial charge in [0.05, 0.1) is 11.1 Å². The normalized spacial score (nSPS) is 14.9. The van der Waals surface area contributed by atoms with Crippen molar-refractivity contribution in [2.45, 2.75) is 0 Å². The summed E-state index contributed by atoms with van der Waals surface area (Å²) in [6.07, 6.45) is 3.47. The van der Waals surface area contributed by atoms with Gasteiger partial charge in [-0.05, 0) is 12.1 Å². The molecule has 132 valence electrons. The summed E-state index contributed by atoms with van der Waals surface area (Å²) in [6, 6.07) is 15.2. The van der Waals surface area contributed by atoms with Crippen molar-refractivity contribution in [3.63, 3.8) is 0 Å². The highest BCUT2D eigenvalue weighted by molar-refractivity contribution is 6.50. The molecule has 0 radical (unpaired) electrons. The number of carbonyl (C=O) groups excluding carboxylic acids is 2. The van der Waals surface area contributed by atoms with E-state index in [0.29, 0.717) is 22.3 Å². The lowest BCUT2D eigenvalue weighted by Crippen LogP contribution is -2.32. The third-order valence-corrected chi connectivity index (χ3v) is 5.03. The molecule has 4 aromatic rings. The number of aromatic amines is 2. The monoisotopic (exact) mass is 357 g/mol. The molecule has 3 N–H and O–H groups in total. The van der Waals surface area contributed by atoms with Crippen LogP contribution in [0.15, 0.2) is 60.9 Å². The van der Waals surface area contributed by atoms with Crippen LogP contribution in [0.5, 0.6) is 0 Å². The molecule has 3 heterocycles. The van der Waals surface area contributed by atoms with Crippen LogP contribution in [0.1, 0.15) is 11.1 Å². The molecule has 0 spiro atoms. The van der Waals surface area contributed by atoms with Crippen molar-refractivity contribution in [1.29, 1.82) is 0 Å². The first kappa shape index (κ1) is 15.6. The number of fused-ring (bicyclic) bond motifs is 2. The Bertz CT molecular complexity index is 1170. The number of aliphatic hydroxyl groups excluding tert-OH is 1. The van der Waals surface area contributed by atoms with Gasteiger partial charge in [0.2, 0.25) is 0 Å². The molecule has 0 atom stereocenters. The van der Waals surface area contributed by atoms with E-state index in [9.17, 15) is 14.7 Å². The van der Waals surface area contributed by atoms with Gasteiger partial charge in [-0.25, -0.2) is 0 Å². The average molecular weight is 357 g/mol. The molecule has 27 heavy (non-hydrogen) atoms. The Balaban J connectivity index is 1.85. The Morgan fingerprint density at radius 2 is 1.19 bits per heavy atom. The van der Waals surface area contributed by atoms with E-state index >= 15 is 0 Å².